The first-order valence-corrected chi connectivity index (χ1v) is 7.18. The number of rotatable bonds is 4. The molecule has 1 aromatic rings. The fourth-order valence-electron chi connectivity index (χ4n) is 2.33. The van der Waals surface area contributed by atoms with Crippen LogP contribution in [0.1, 0.15) is 43.0 Å². The third kappa shape index (κ3) is 3.31. The lowest BCUT2D eigenvalue weighted by Crippen LogP contribution is -2.56. The van der Waals surface area contributed by atoms with E-state index in [0.717, 1.165) is 12.5 Å². The molecule has 0 unspecified atom stereocenters. The standard InChI is InChI=1S/C15H17F3N2O3/c1-2-3-6-11-9-14(23,15(16,17)18)20(19-11)13(22)10-5-4-7-12(21)8-10/h4-5,7-8,21,23H,2-3,6,9H2,1H3/t14-/m1/s1. The molecule has 0 fully saturated rings. The van der Waals surface area contributed by atoms with E-state index in [2.05, 4.69) is 5.10 Å². The van der Waals surface area contributed by atoms with Gasteiger partial charge in [0.15, 0.2) is 0 Å². The second-order valence-electron chi connectivity index (χ2n) is 5.43. The van der Waals surface area contributed by atoms with Gasteiger partial charge in [-0.25, -0.2) is 0 Å². The van der Waals surface area contributed by atoms with Crippen molar-refractivity contribution in [1.29, 1.82) is 0 Å². The number of hydrogen-bond donors (Lipinski definition) is 2. The van der Waals surface area contributed by atoms with Gasteiger partial charge in [-0.2, -0.15) is 23.3 Å². The number of amides is 1. The van der Waals surface area contributed by atoms with E-state index in [0.29, 0.717) is 6.42 Å². The van der Waals surface area contributed by atoms with E-state index in [1.807, 2.05) is 6.92 Å². The molecular formula is C15H17F3N2O3. The van der Waals surface area contributed by atoms with E-state index in [1.165, 1.54) is 18.2 Å². The van der Waals surface area contributed by atoms with Crippen molar-refractivity contribution in [1.82, 2.24) is 5.01 Å². The van der Waals surface area contributed by atoms with Crippen LogP contribution in [0.5, 0.6) is 5.75 Å². The molecule has 1 amide bonds. The first-order chi connectivity index (χ1) is 10.7. The van der Waals surface area contributed by atoms with Crippen LogP contribution in [0.25, 0.3) is 0 Å². The molecule has 8 heteroatoms. The molecule has 23 heavy (non-hydrogen) atoms. The molecule has 126 valence electrons. The summed E-state index contributed by atoms with van der Waals surface area (Å²) in [4.78, 5) is 12.3. The molecule has 1 aromatic carbocycles. The Morgan fingerprint density at radius 1 is 1.43 bits per heavy atom. The van der Waals surface area contributed by atoms with Gasteiger partial charge in [-0.05, 0) is 31.0 Å². The van der Waals surface area contributed by atoms with Crippen molar-refractivity contribution in [3.8, 4) is 5.75 Å². The Morgan fingerprint density at radius 3 is 2.70 bits per heavy atom. The number of nitrogens with zero attached hydrogens (tertiary/aromatic N) is 2. The number of hydrazone groups is 1. The first kappa shape index (κ1) is 17.3. The summed E-state index contributed by atoms with van der Waals surface area (Å²) in [6.45, 7) is 1.88. The lowest BCUT2D eigenvalue weighted by molar-refractivity contribution is -0.297. The fourth-order valence-corrected chi connectivity index (χ4v) is 2.33. The molecular weight excluding hydrogens is 313 g/mol. The smallest absolute Gasteiger partial charge is 0.438 e. The molecule has 2 N–H and O–H groups in total. The number of halogens is 3. The van der Waals surface area contributed by atoms with Crippen molar-refractivity contribution < 1.29 is 28.2 Å². The minimum Gasteiger partial charge on any atom is -0.508 e. The van der Waals surface area contributed by atoms with Gasteiger partial charge >= 0.3 is 6.18 Å². The van der Waals surface area contributed by atoms with Crippen LogP contribution in [0.15, 0.2) is 29.4 Å². The van der Waals surface area contributed by atoms with E-state index >= 15 is 0 Å². The van der Waals surface area contributed by atoms with E-state index in [9.17, 15) is 28.2 Å². The normalized spacial score (nSPS) is 21.4. The van der Waals surface area contributed by atoms with Crippen LogP contribution >= 0.6 is 0 Å². The predicted octanol–water partition coefficient (Wildman–Crippen LogP) is 3.04. The highest BCUT2D eigenvalue weighted by atomic mass is 19.4. The van der Waals surface area contributed by atoms with Crippen LogP contribution in [0, 0.1) is 0 Å². The molecule has 0 aliphatic carbocycles. The maximum atomic E-state index is 13.3. The lowest BCUT2D eigenvalue weighted by atomic mass is 10.0. The van der Waals surface area contributed by atoms with Gasteiger partial charge < -0.3 is 10.2 Å². The molecule has 1 aliphatic heterocycles. The SMILES string of the molecule is CCCCC1=NN(C(=O)c2cccc(O)c2)[C@](O)(C(F)(F)F)C1. The van der Waals surface area contributed by atoms with Crippen molar-refractivity contribution in [3.05, 3.63) is 29.8 Å². The number of alkyl halides is 3. The summed E-state index contributed by atoms with van der Waals surface area (Å²) in [6, 6.07) is 4.89. The maximum Gasteiger partial charge on any atom is 0.438 e. The Balaban J connectivity index is 2.37. The monoisotopic (exact) mass is 330 g/mol. The summed E-state index contributed by atoms with van der Waals surface area (Å²) in [7, 11) is 0. The highest BCUT2D eigenvalue weighted by Gasteiger charge is 2.63. The zero-order chi connectivity index (χ0) is 17.3. The Morgan fingerprint density at radius 2 is 2.13 bits per heavy atom. The molecule has 1 aliphatic rings. The van der Waals surface area contributed by atoms with Crippen LogP contribution in [-0.2, 0) is 0 Å². The maximum absolute atomic E-state index is 13.3. The second-order valence-corrected chi connectivity index (χ2v) is 5.43. The third-order valence-corrected chi connectivity index (χ3v) is 3.60. The third-order valence-electron chi connectivity index (χ3n) is 3.60. The quantitative estimate of drug-likeness (QED) is 0.891. The van der Waals surface area contributed by atoms with Gasteiger partial charge in [0.05, 0.1) is 0 Å². The van der Waals surface area contributed by atoms with Crippen molar-refractivity contribution in [2.75, 3.05) is 0 Å². The van der Waals surface area contributed by atoms with E-state index in [4.69, 9.17) is 0 Å². The number of carbonyl (C=O) groups excluding carboxylic acids is 1. The zero-order valence-corrected chi connectivity index (χ0v) is 12.5. The summed E-state index contributed by atoms with van der Waals surface area (Å²) >= 11 is 0. The number of aliphatic hydroxyl groups is 1. The summed E-state index contributed by atoms with van der Waals surface area (Å²) in [5, 5.41) is 23.2. The zero-order valence-electron chi connectivity index (χ0n) is 12.5. The molecule has 0 spiro atoms. The largest absolute Gasteiger partial charge is 0.508 e. The molecule has 0 saturated heterocycles. The van der Waals surface area contributed by atoms with Crippen LogP contribution in [-0.4, -0.2) is 38.7 Å². The van der Waals surface area contributed by atoms with Gasteiger partial charge in [0, 0.05) is 17.7 Å². The minimum atomic E-state index is -5.04. The van der Waals surface area contributed by atoms with Crippen LogP contribution in [0.3, 0.4) is 0 Å². The van der Waals surface area contributed by atoms with Crippen LogP contribution in [0.2, 0.25) is 0 Å². The van der Waals surface area contributed by atoms with Gasteiger partial charge in [-0.15, -0.1) is 0 Å². The summed E-state index contributed by atoms with van der Waals surface area (Å²) in [6.07, 6.45) is -4.17. The van der Waals surface area contributed by atoms with Crippen molar-refractivity contribution in [2.45, 2.75) is 44.5 Å². The van der Waals surface area contributed by atoms with Gasteiger partial charge in [0.1, 0.15) is 5.75 Å². The molecule has 5 nitrogen and oxygen atoms in total. The van der Waals surface area contributed by atoms with Gasteiger partial charge in [0.2, 0.25) is 0 Å². The van der Waals surface area contributed by atoms with Crippen molar-refractivity contribution in [3.63, 3.8) is 0 Å². The Labute approximate surface area is 131 Å². The average molecular weight is 330 g/mol. The summed E-state index contributed by atoms with van der Waals surface area (Å²) in [5.41, 5.74) is -3.42. The molecule has 0 saturated carbocycles. The number of carbonyl (C=O) groups is 1. The number of benzene rings is 1. The molecule has 0 radical (unpaired) electrons. The summed E-state index contributed by atoms with van der Waals surface area (Å²) in [5.74, 6) is -1.38. The molecule has 2 rings (SSSR count). The first-order valence-electron chi connectivity index (χ1n) is 7.18. The predicted molar refractivity (Wildman–Crippen MR) is 76.9 cm³/mol. The molecule has 1 atom stereocenters. The topological polar surface area (TPSA) is 73.1 Å². The second kappa shape index (κ2) is 6.19. The van der Waals surface area contributed by atoms with Crippen LogP contribution in [0.4, 0.5) is 13.2 Å². The average Bonchev–Trinajstić information content (AvgIpc) is 2.82. The van der Waals surface area contributed by atoms with Gasteiger partial charge in [-0.3, -0.25) is 4.79 Å². The highest BCUT2D eigenvalue weighted by molar-refractivity contribution is 5.98. The molecule has 0 aromatic heterocycles. The highest BCUT2D eigenvalue weighted by Crippen LogP contribution is 2.41. The number of phenolic OH excluding ortho intramolecular Hbond substituents is 1. The lowest BCUT2D eigenvalue weighted by Gasteiger charge is -2.32. The molecule has 0 bridgehead atoms. The number of hydrogen-bond acceptors (Lipinski definition) is 4. The number of phenols is 1. The molecule has 1 heterocycles. The van der Waals surface area contributed by atoms with Gasteiger partial charge in [-0.1, -0.05) is 19.4 Å². The number of unbranched alkanes of at least 4 members (excludes halogenated alkanes) is 1. The van der Waals surface area contributed by atoms with Crippen LogP contribution < -0.4 is 0 Å². The Bertz CT molecular complexity index is 631. The van der Waals surface area contributed by atoms with E-state index in [-0.39, 0.29) is 28.5 Å². The number of aromatic hydroxyl groups is 1. The van der Waals surface area contributed by atoms with E-state index in [1.54, 1.807) is 0 Å². The summed E-state index contributed by atoms with van der Waals surface area (Å²) < 4.78 is 39.8. The Hall–Kier alpha value is -2.09. The van der Waals surface area contributed by atoms with E-state index < -0.39 is 24.2 Å². The fraction of sp³-hybridized carbons (Fsp3) is 0.467. The van der Waals surface area contributed by atoms with Crippen molar-refractivity contribution in [2.24, 2.45) is 5.10 Å². The van der Waals surface area contributed by atoms with Crippen molar-refractivity contribution >= 4 is 11.6 Å². The Kier molecular flexibility index (Phi) is 4.65. The minimum absolute atomic E-state index is 0.0762. The van der Waals surface area contributed by atoms with Gasteiger partial charge in [0.25, 0.3) is 11.6 Å².